The number of ether oxygens (including phenoxy) is 2. The Hall–Kier alpha value is -3.67. The summed E-state index contributed by atoms with van der Waals surface area (Å²) in [5.74, 6) is -2.14. The predicted molar refractivity (Wildman–Crippen MR) is 126 cm³/mol. The van der Waals surface area contributed by atoms with Crippen molar-refractivity contribution in [2.45, 2.75) is 38.1 Å². The molecule has 1 amide bonds. The van der Waals surface area contributed by atoms with Crippen LogP contribution in [0.1, 0.15) is 48.6 Å². The lowest BCUT2D eigenvalue weighted by Gasteiger charge is -2.21. The van der Waals surface area contributed by atoms with E-state index in [9.17, 15) is 23.9 Å². The highest BCUT2D eigenvalue weighted by molar-refractivity contribution is 7.14. The van der Waals surface area contributed by atoms with Crippen molar-refractivity contribution >= 4 is 28.3 Å². The topological polar surface area (TPSA) is 136 Å². The van der Waals surface area contributed by atoms with Gasteiger partial charge in [0.25, 0.3) is 0 Å². The highest BCUT2D eigenvalue weighted by atomic mass is 32.1. The summed E-state index contributed by atoms with van der Waals surface area (Å²) in [7, 11) is 2.56. The molecule has 0 radical (unpaired) electrons. The van der Waals surface area contributed by atoms with Gasteiger partial charge in [-0.25, -0.2) is 19.0 Å². The lowest BCUT2D eigenvalue weighted by atomic mass is 9.97. The zero-order chi connectivity index (χ0) is 25.1. The molecule has 35 heavy (non-hydrogen) atoms. The fourth-order valence-electron chi connectivity index (χ4n) is 4.36. The maximum Gasteiger partial charge on any atom is 0.357 e. The number of rotatable bonds is 8. The number of nitrogens with zero attached hydrogens (tertiary/aromatic N) is 2. The molecular weight excluding hydrogens is 479 g/mol. The van der Waals surface area contributed by atoms with Gasteiger partial charge < -0.3 is 24.9 Å². The van der Waals surface area contributed by atoms with E-state index in [1.54, 1.807) is 0 Å². The van der Waals surface area contributed by atoms with Crippen LogP contribution in [0.2, 0.25) is 0 Å². The van der Waals surface area contributed by atoms with Crippen LogP contribution in [0.15, 0.2) is 28.4 Å². The summed E-state index contributed by atoms with van der Waals surface area (Å²) in [6, 6.07) is 2.95. The van der Waals surface area contributed by atoms with Gasteiger partial charge in [0.1, 0.15) is 11.7 Å². The Morgan fingerprint density at radius 3 is 2.74 bits per heavy atom. The summed E-state index contributed by atoms with van der Waals surface area (Å²) in [4.78, 5) is 44.5. The molecule has 1 atom stereocenters. The van der Waals surface area contributed by atoms with Crippen molar-refractivity contribution in [1.29, 1.82) is 0 Å². The molecule has 186 valence electrons. The van der Waals surface area contributed by atoms with Crippen molar-refractivity contribution in [1.82, 2.24) is 14.5 Å². The second-order valence-electron chi connectivity index (χ2n) is 8.27. The van der Waals surface area contributed by atoms with Crippen molar-refractivity contribution in [3.8, 4) is 22.9 Å². The Bertz CT molecular complexity index is 1290. The van der Waals surface area contributed by atoms with Crippen LogP contribution in [-0.2, 0) is 9.53 Å². The summed E-state index contributed by atoms with van der Waals surface area (Å²) in [6.45, 7) is 0. The number of aromatic amines is 1. The molecule has 1 aliphatic carbocycles. The van der Waals surface area contributed by atoms with Gasteiger partial charge in [-0.2, -0.15) is 0 Å². The number of methoxy groups -OCH3 is 2. The van der Waals surface area contributed by atoms with Crippen molar-refractivity contribution < 1.29 is 28.6 Å². The lowest BCUT2D eigenvalue weighted by molar-refractivity contribution is -0.120. The number of hydrogen-bond acceptors (Lipinski definition) is 8. The average molecular weight is 505 g/mol. The third kappa shape index (κ3) is 5.06. The third-order valence-corrected chi connectivity index (χ3v) is 6.88. The van der Waals surface area contributed by atoms with Crippen LogP contribution in [0, 0.1) is 11.7 Å². The molecule has 0 unspecified atom stereocenters. The van der Waals surface area contributed by atoms with Gasteiger partial charge in [0.05, 0.1) is 14.2 Å². The van der Waals surface area contributed by atoms with Crippen molar-refractivity contribution in [2.24, 2.45) is 5.92 Å². The molecule has 3 N–H and O–H groups in total. The molecule has 1 saturated carbocycles. The van der Waals surface area contributed by atoms with Gasteiger partial charge >= 0.3 is 11.7 Å². The van der Waals surface area contributed by atoms with Crippen LogP contribution in [0.4, 0.5) is 9.52 Å². The summed E-state index contributed by atoms with van der Waals surface area (Å²) in [6.07, 6.45) is 4.19. The van der Waals surface area contributed by atoms with Gasteiger partial charge in [-0.15, -0.1) is 11.3 Å². The molecule has 0 aliphatic heterocycles. The van der Waals surface area contributed by atoms with E-state index in [0.29, 0.717) is 6.42 Å². The Morgan fingerprint density at radius 2 is 2.09 bits per heavy atom. The number of esters is 1. The minimum atomic E-state index is -1.05. The Kier molecular flexibility index (Phi) is 7.20. The van der Waals surface area contributed by atoms with Crippen molar-refractivity contribution in [3.05, 3.63) is 45.6 Å². The molecule has 0 spiro atoms. The monoisotopic (exact) mass is 504 g/mol. The van der Waals surface area contributed by atoms with Gasteiger partial charge in [-0.1, -0.05) is 25.7 Å². The number of hydrogen-bond donors (Lipinski definition) is 3. The van der Waals surface area contributed by atoms with E-state index in [2.05, 4.69) is 20.0 Å². The van der Waals surface area contributed by atoms with Crippen molar-refractivity contribution in [2.75, 3.05) is 19.5 Å². The third-order valence-electron chi connectivity index (χ3n) is 6.12. The molecular formula is C23H25FN4O6S. The molecule has 4 rings (SSSR count). The summed E-state index contributed by atoms with van der Waals surface area (Å²) in [5, 5.41) is 15.2. The fourth-order valence-corrected chi connectivity index (χ4v) is 5.04. The molecule has 1 fully saturated rings. The molecule has 1 aliphatic rings. The number of carbonyl (C=O) groups excluding carboxylic acids is 2. The standard InChI is InChI=1S/C23H25FN4O6S/c1-33-17-8-7-13(10-14(17)24)18-20(30)28(23(32)26-18)16(9-12-5-3-4-6-12)19(29)27-22-25-15(11-35-22)21(31)34-2/h7-8,10-12,16,30H,3-6,9H2,1-2H3,(H,26,32)(H,25,27,29)/t16-/m0/s1. The van der Waals surface area contributed by atoms with Crippen LogP contribution in [0.5, 0.6) is 11.6 Å². The van der Waals surface area contributed by atoms with Crippen LogP contribution in [0.25, 0.3) is 11.3 Å². The van der Waals surface area contributed by atoms with E-state index < -0.39 is 35.3 Å². The predicted octanol–water partition coefficient (Wildman–Crippen LogP) is 3.70. The van der Waals surface area contributed by atoms with Crippen molar-refractivity contribution in [3.63, 3.8) is 0 Å². The molecule has 1 aromatic carbocycles. The van der Waals surface area contributed by atoms with E-state index in [1.807, 2.05) is 0 Å². The van der Waals surface area contributed by atoms with Crippen LogP contribution in [-0.4, -0.2) is 45.7 Å². The number of imidazole rings is 1. The smallest absolute Gasteiger partial charge is 0.357 e. The Morgan fingerprint density at radius 1 is 1.34 bits per heavy atom. The molecule has 2 aromatic heterocycles. The second-order valence-corrected chi connectivity index (χ2v) is 9.13. The van der Waals surface area contributed by atoms with Gasteiger partial charge in [0.15, 0.2) is 22.4 Å². The highest BCUT2D eigenvalue weighted by Gasteiger charge is 2.32. The summed E-state index contributed by atoms with van der Waals surface area (Å²) in [5.41, 5.74) is -0.450. The zero-order valence-corrected chi connectivity index (χ0v) is 20.0. The van der Waals surface area contributed by atoms with Crippen LogP contribution in [0.3, 0.4) is 0 Å². The van der Waals surface area contributed by atoms with Crippen LogP contribution >= 0.6 is 11.3 Å². The first-order valence-corrected chi connectivity index (χ1v) is 11.9. The number of H-pyrrole nitrogens is 1. The largest absolute Gasteiger partial charge is 0.494 e. The number of aromatic hydroxyl groups is 1. The first kappa shape index (κ1) is 24.5. The number of thiazole rings is 1. The van der Waals surface area contributed by atoms with E-state index in [1.165, 1.54) is 31.7 Å². The highest BCUT2D eigenvalue weighted by Crippen LogP contribution is 2.36. The van der Waals surface area contributed by atoms with E-state index in [4.69, 9.17) is 4.74 Å². The molecule has 10 nitrogen and oxygen atoms in total. The molecule has 0 bridgehead atoms. The van der Waals surface area contributed by atoms with Gasteiger partial charge in [-0.05, 0) is 30.5 Å². The van der Waals surface area contributed by atoms with E-state index in [0.717, 1.165) is 47.7 Å². The number of aromatic nitrogens is 3. The SMILES string of the molecule is COC(=O)c1csc(NC(=O)[C@H](CC2CCCC2)n2c(O)c(-c3ccc(OC)c(F)c3)[nH]c2=O)n1. The molecule has 12 heteroatoms. The molecule has 3 aromatic rings. The maximum atomic E-state index is 14.3. The first-order chi connectivity index (χ1) is 16.8. The second kappa shape index (κ2) is 10.3. The maximum absolute atomic E-state index is 14.3. The van der Waals surface area contributed by atoms with Gasteiger partial charge in [0, 0.05) is 10.9 Å². The Balaban J connectivity index is 1.68. The number of anilines is 1. The summed E-state index contributed by atoms with van der Waals surface area (Å²) < 4.78 is 24.8. The number of halogens is 1. The van der Waals surface area contributed by atoms with Gasteiger partial charge in [-0.3, -0.25) is 9.36 Å². The zero-order valence-electron chi connectivity index (χ0n) is 19.2. The van der Waals surface area contributed by atoms with Gasteiger partial charge in [0.2, 0.25) is 11.8 Å². The minimum absolute atomic E-state index is 0.0111. The Labute approximate surface area is 203 Å². The fraction of sp³-hybridized carbons (Fsp3) is 0.391. The number of nitrogens with one attached hydrogen (secondary N) is 2. The first-order valence-electron chi connectivity index (χ1n) is 11.0. The van der Waals surface area contributed by atoms with E-state index in [-0.39, 0.29) is 33.8 Å². The number of carbonyl (C=O) groups is 2. The normalized spacial score (nSPS) is 14.6. The molecule has 2 heterocycles. The van der Waals surface area contributed by atoms with E-state index >= 15 is 0 Å². The minimum Gasteiger partial charge on any atom is -0.494 e. The molecule has 0 saturated heterocycles. The average Bonchev–Trinajstić information content (AvgIpc) is 3.58. The lowest BCUT2D eigenvalue weighted by Crippen LogP contribution is -2.33. The quantitative estimate of drug-likeness (QED) is 0.398. The number of amides is 1. The summed E-state index contributed by atoms with van der Waals surface area (Å²) >= 11 is 1.04. The number of benzene rings is 1. The van der Waals surface area contributed by atoms with Crippen LogP contribution < -0.4 is 15.7 Å².